The second kappa shape index (κ2) is 5.92. The molecule has 0 amide bonds. The topological polar surface area (TPSA) is 29.3 Å². The first-order chi connectivity index (χ1) is 8.64. The summed E-state index contributed by atoms with van der Waals surface area (Å²) in [5, 5.41) is 0. The number of rotatable bonds is 3. The molecule has 2 aliphatic rings. The molecule has 0 aromatic carbocycles. The third-order valence-corrected chi connectivity index (χ3v) is 5.73. The zero-order valence-electron chi connectivity index (χ0n) is 12.6. The van der Waals surface area contributed by atoms with E-state index in [1.165, 1.54) is 51.5 Å². The Morgan fingerprint density at radius 2 is 2.00 bits per heavy atom. The Labute approximate surface area is 113 Å². The van der Waals surface area contributed by atoms with Gasteiger partial charge in [-0.2, -0.15) is 0 Å². The molecular weight excluding hydrogens is 220 g/mol. The fourth-order valence-corrected chi connectivity index (χ4v) is 4.71. The second-order valence-corrected chi connectivity index (χ2v) is 6.83. The second-order valence-electron chi connectivity index (χ2n) is 6.83. The number of likely N-dealkylation sites (tertiary alicyclic amines) is 1. The molecular formula is C16H32N2. The van der Waals surface area contributed by atoms with Crippen LogP contribution in [0.1, 0.15) is 65.7 Å². The van der Waals surface area contributed by atoms with Crippen LogP contribution < -0.4 is 5.73 Å². The van der Waals surface area contributed by atoms with Crippen LogP contribution in [0.2, 0.25) is 0 Å². The lowest BCUT2D eigenvalue weighted by molar-refractivity contribution is -0.0457. The van der Waals surface area contributed by atoms with Crippen molar-refractivity contribution in [3.63, 3.8) is 0 Å². The normalized spacial score (nSPS) is 43.0. The van der Waals surface area contributed by atoms with Gasteiger partial charge in [-0.15, -0.1) is 0 Å². The minimum atomic E-state index is 0.326. The quantitative estimate of drug-likeness (QED) is 0.834. The predicted molar refractivity (Wildman–Crippen MR) is 78.6 cm³/mol. The highest BCUT2D eigenvalue weighted by Crippen LogP contribution is 2.43. The van der Waals surface area contributed by atoms with Crippen LogP contribution in [0.25, 0.3) is 0 Å². The van der Waals surface area contributed by atoms with E-state index in [0.29, 0.717) is 5.54 Å². The molecule has 1 saturated carbocycles. The van der Waals surface area contributed by atoms with Gasteiger partial charge in [0.25, 0.3) is 0 Å². The molecule has 18 heavy (non-hydrogen) atoms. The monoisotopic (exact) mass is 252 g/mol. The Morgan fingerprint density at radius 1 is 1.22 bits per heavy atom. The van der Waals surface area contributed by atoms with E-state index in [-0.39, 0.29) is 0 Å². The third-order valence-electron chi connectivity index (χ3n) is 5.73. The number of nitrogens with zero attached hydrogens (tertiary/aromatic N) is 1. The van der Waals surface area contributed by atoms with Crippen molar-refractivity contribution in [3.05, 3.63) is 0 Å². The van der Waals surface area contributed by atoms with Crippen LogP contribution in [0.15, 0.2) is 0 Å². The molecule has 106 valence electrons. The van der Waals surface area contributed by atoms with E-state index in [2.05, 4.69) is 25.7 Å². The van der Waals surface area contributed by atoms with E-state index < -0.39 is 0 Å². The van der Waals surface area contributed by atoms with Crippen LogP contribution in [0.3, 0.4) is 0 Å². The lowest BCUT2D eigenvalue weighted by atomic mass is 9.68. The fourth-order valence-electron chi connectivity index (χ4n) is 4.71. The van der Waals surface area contributed by atoms with Crippen molar-refractivity contribution >= 4 is 0 Å². The summed E-state index contributed by atoms with van der Waals surface area (Å²) in [7, 11) is 0. The largest absolute Gasteiger partial charge is 0.329 e. The number of nitrogens with two attached hydrogens (primary N) is 1. The molecule has 0 radical (unpaired) electrons. The van der Waals surface area contributed by atoms with Crippen LogP contribution in [0.5, 0.6) is 0 Å². The van der Waals surface area contributed by atoms with Gasteiger partial charge in [-0.3, -0.25) is 4.90 Å². The van der Waals surface area contributed by atoms with Gasteiger partial charge in [0, 0.05) is 18.1 Å². The molecule has 2 rings (SSSR count). The summed E-state index contributed by atoms with van der Waals surface area (Å²) in [6.45, 7) is 9.33. The molecule has 1 aliphatic heterocycles. The van der Waals surface area contributed by atoms with Crippen molar-refractivity contribution < 1.29 is 0 Å². The van der Waals surface area contributed by atoms with Crippen molar-refractivity contribution in [3.8, 4) is 0 Å². The Hall–Kier alpha value is -0.0800. The van der Waals surface area contributed by atoms with Gasteiger partial charge < -0.3 is 5.73 Å². The molecule has 1 heterocycles. The summed E-state index contributed by atoms with van der Waals surface area (Å²) in [5.74, 6) is 1.72. The maximum Gasteiger partial charge on any atom is 0.0362 e. The zero-order valence-corrected chi connectivity index (χ0v) is 12.6. The Kier molecular flexibility index (Phi) is 4.71. The SMILES string of the molecule is CCC1CCCCC1(CN)N1CCC(C)CC1C. The first-order valence-electron chi connectivity index (χ1n) is 8.11. The molecule has 0 aromatic rings. The third kappa shape index (κ3) is 2.46. The van der Waals surface area contributed by atoms with Crippen LogP contribution in [-0.2, 0) is 0 Å². The van der Waals surface area contributed by atoms with Crippen LogP contribution >= 0.6 is 0 Å². The Bertz CT molecular complexity index is 266. The smallest absolute Gasteiger partial charge is 0.0362 e. The average Bonchev–Trinajstić information content (AvgIpc) is 2.38. The summed E-state index contributed by atoms with van der Waals surface area (Å²) >= 11 is 0. The zero-order chi connectivity index (χ0) is 13.2. The Balaban J connectivity index is 2.19. The highest BCUT2D eigenvalue weighted by molar-refractivity contribution is 5.02. The molecule has 0 aromatic heterocycles. The first-order valence-corrected chi connectivity index (χ1v) is 8.11. The summed E-state index contributed by atoms with van der Waals surface area (Å²) < 4.78 is 0. The van der Waals surface area contributed by atoms with Gasteiger partial charge >= 0.3 is 0 Å². The van der Waals surface area contributed by atoms with Crippen molar-refractivity contribution in [2.45, 2.75) is 77.3 Å². The van der Waals surface area contributed by atoms with Gasteiger partial charge in [-0.05, 0) is 51.0 Å². The maximum atomic E-state index is 6.29. The van der Waals surface area contributed by atoms with Crippen LogP contribution in [-0.4, -0.2) is 29.6 Å². The maximum absolute atomic E-state index is 6.29. The predicted octanol–water partition coefficient (Wildman–Crippen LogP) is 3.40. The van der Waals surface area contributed by atoms with Gasteiger partial charge in [0.2, 0.25) is 0 Å². The standard InChI is InChI=1S/C16H32N2/c1-4-15-7-5-6-9-16(15,12-17)18-10-8-13(2)11-14(18)3/h13-15H,4-12,17H2,1-3H3. The minimum absolute atomic E-state index is 0.326. The Morgan fingerprint density at radius 3 is 2.61 bits per heavy atom. The molecule has 1 aliphatic carbocycles. The molecule has 2 fully saturated rings. The number of hydrogen-bond acceptors (Lipinski definition) is 2. The lowest BCUT2D eigenvalue weighted by Crippen LogP contribution is -2.64. The van der Waals surface area contributed by atoms with Crippen molar-refractivity contribution in [2.24, 2.45) is 17.6 Å². The van der Waals surface area contributed by atoms with Gasteiger partial charge in [0.05, 0.1) is 0 Å². The minimum Gasteiger partial charge on any atom is -0.329 e. The van der Waals surface area contributed by atoms with E-state index in [1.807, 2.05) is 0 Å². The molecule has 1 saturated heterocycles. The van der Waals surface area contributed by atoms with Crippen LogP contribution in [0, 0.1) is 11.8 Å². The van der Waals surface area contributed by atoms with Crippen LogP contribution in [0.4, 0.5) is 0 Å². The fraction of sp³-hybridized carbons (Fsp3) is 1.00. The lowest BCUT2D eigenvalue weighted by Gasteiger charge is -2.55. The van der Waals surface area contributed by atoms with Gasteiger partial charge in [-0.25, -0.2) is 0 Å². The first kappa shape index (κ1) is 14.3. The van der Waals surface area contributed by atoms with E-state index in [0.717, 1.165) is 24.4 Å². The summed E-state index contributed by atoms with van der Waals surface area (Å²) in [6, 6.07) is 0.726. The molecule has 0 spiro atoms. The van der Waals surface area contributed by atoms with Crippen molar-refractivity contribution in [1.82, 2.24) is 4.90 Å². The highest BCUT2D eigenvalue weighted by atomic mass is 15.2. The van der Waals surface area contributed by atoms with E-state index in [9.17, 15) is 0 Å². The molecule has 2 N–H and O–H groups in total. The number of piperidine rings is 1. The summed E-state index contributed by atoms with van der Waals surface area (Å²) in [5.41, 5.74) is 6.62. The van der Waals surface area contributed by atoms with Crippen molar-refractivity contribution in [1.29, 1.82) is 0 Å². The van der Waals surface area contributed by atoms with Gasteiger partial charge in [0.15, 0.2) is 0 Å². The van der Waals surface area contributed by atoms with Gasteiger partial charge in [0.1, 0.15) is 0 Å². The van der Waals surface area contributed by atoms with Gasteiger partial charge in [-0.1, -0.05) is 33.1 Å². The molecule has 4 atom stereocenters. The van der Waals surface area contributed by atoms with E-state index >= 15 is 0 Å². The molecule has 0 bridgehead atoms. The van der Waals surface area contributed by atoms with E-state index in [4.69, 9.17) is 5.73 Å². The van der Waals surface area contributed by atoms with E-state index in [1.54, 1.807) is 0 Å². The van der Waals surface area contributed by atoms with Crippen molar-refractivity contribution in [2.75, 3.05) is 13.1 Å². The molecule has 4 unspecified atom stereocenters. The average molecular weight is 252 g/mol. The summed E-state index contributed by atoms with van der Waals surface area (Å²) in [6.07, 6.45) is 9.55. The summed E-state index contributed by atoms with van der Waals surface area (Å²) in [4.78, 5) is 2.81. The molecule has 2 heteroatoms. The number of hydrogen-bond donors (Lipinski definition) is 1. The molecule has 2 nitrogen and oxygen atoms in total. The highest BCUT2D eigenvalue weighted by Gasteiger charge is 2.46.